The summed E-state index contributed by atoms with van der Waals surface area (Å²) >= 11 is 0. The van der Waals surface area contributed by atoms with Crippen molar-refractivity contribution in [3.63, 3.8) is 0 Å². The SMILES string of the molecule is CC(CCc1ccc(C(F)(F)F)cc1)c1ccc2[nH]ccc2c1. The summed E-state index contributed by atoms with van der Waals surface area (Å²) in [6.45, 7) is 2.15. The molecule has 1 heterocycles. The Morgan fingerprint density at radius 3 is 2.43 bits per heavy atom. The maximum Gasteiger partial charge on any atom is 0.416 e. The fourth-order valence-corrected chi connectivity index (χ4v) is 2.79. The number of aryl methyl sites for hydroxylation is 1. The zero-order valence-corrected chi connectivity index (χ0v) is 12.8. The second-order valence-electron chi connectivity index (χ2n) is 5.96. The topological polar surface area (TPSA) is 15.8 Å². The molecule has 2 aromatic carbocycles. The summed E-state index contributed by atoms with van der Waals surface area (Å²) in [4.78, 5) is 3.17. The van der Waals surface area contributed by atoms with Crippen molar-refractivity contribution in [3.8, 4) is 0 Å². The number of hydrogen-bond acceptors (Lipinski definition) is 0. The molecule has 4 heteroatoms. The molecular formula is C19H18F3N. The van der Waals surface area contributed by atoms with Crippen molar-refractivity contribution in [2.45, 2.75) is 31.9 Å². The lowest BCUT2D eigenvalue weighted by molar-refractivity contribution is -0.137. The number of rotatable bonds is 4. The van der Waals surface area contributed by atoms with Crippen LogP contribution in [-0.2, 0) is 12.6 Å². The van der Waals surface area contributed by atoms with Crippen LogP contribution >= 0.6 is 0 Å². The van der Waals surface area contributed by atoms with Crippen molar-refractivity contribution >= 4 is 10.9 Å². The molecule has 23 heavy (non-hydrogen) atoms. The van der Waals surface area contributed by atoms with Gasteiger partial charge in [0.15, 0.2) is 0 Å². The molecule has 120 valence electrons. The zero-order chi connectivity index (χ0) is 16.4. The zero-order valence-electron chi connectivity index (χ0n) is 12.8. The molecule has 0 aliphatic heterocycles. The van der Waals surface area contributed by atoms with E-state index >= 15 is 0 Å². The molecule has 0 aliphatic carbocycles. The summed E-state index contributed by atoms with van der Waals surface area (Å²) in [5, 5.41) is 1.18. The first-order chi connectivity index (χ1) is 10.9. The number of fused-ring (bicyclic) bond motifs is 1. The molecule has 0 spiro atoms. The van der Waals surface area contributed by atoms with Gasteiger partial charge >= 0.3 is 6.18 Å². The molecule has 1 atom stereocenters. The molecule has 0 bridgehead atoms. The van der Waals surface area contributed by atoms with Crippen molar-refractivity contribution in [3.05, 3.63) is 71.4 Å². The first kappa shape index (κ1) is 15.7. The quantitative estimate of drug-likeness (QED) is 0.614. The van der Waals surface area contributed by atoms with Crippen LogP contribution in [0, 0.1) is 0 Å². The highest BCUT2D eigenvalue weighted by Crippen LogP contribution is 2.30. The number of halogens is 3. The van der Waals surface area contributed by atoms with Gasteiger partial charge < -0.3 is 4.98 Å². The maximum absolute atomic E-state index is 12.6. The van der Waals surface area contributed by atoms with Gasteiger partial charge in [-0.15, -0.1) is 0 Å². The third-order valence-electron chi connectivity index (χ3n) is 4.29. The van der Waals surface area contributed by atoms with Crippen LogP contribution in [0.2, 0.25) is 0 Å². The molecule has 0 saturated heterocycles. The third-order valence-corrected chi connectivity index (χ3v) is 4.29. The van der Waals surface area contributed by atoms with E-state index in [-0.39, 0.29) is 0 Å². The van der Waals surface area contributed by atoms with Crippen molar-refractivity contribution in [2.24, 2.45) is 0 Å². The minimum atomic E-state index is -4.27. The summed E-state index contributed by atoms with van der Waals surface area (Å²) in [6, 6.07) is 13.9. The molecule has 1 aromatic heterocycles. The molecule has 1 unspecified atom stereocenters. The molecule has 3 aromatic rings. The molecule has 0 amide bonds. The summed E-state index contributed by atoms with van der Waals surface area (Å²) in [5.41, 5.74) is 2.72. The Kier molecular flexibility index (Phi) is 4.16. The average Bonchev–Trinajstić information content (AvgIpc) is 2.99. The number of aromatic amines is 1. The molecule has 3 rings (SSSR count). The number of aromatic nitrogens is 1. The van der Waals surface area contributed by atoms with E-state index in [1.165, 1.54) is 10.9 Å². The van der Waals surface area contributed by atoms with Crippen LogP contribution in [0.1, 0.15) is 36.0 Å². The molecule has 0 saturated carbocycles. The standard InChI is InChI=1S/C19H18F3N/c1-13(15-6-9-18-16(12-15)10-11-23-18)2-3-14-4-7-17(8-5-14)19(20,21)22/h4-13,23H,2-3H2,1H3. The number of benzene rings is 2. The fraction of sp³-hybridized carbons (Fsp3) is 0.263. The first-order valence-corrected chi connectivity index (χ1v) is 7.66. The molecule has 0 aliphatic rings. The van der Waals surface area contributed by atoms with Crippen molar-refractivity contribution in [1.29, 1.82) is 0 Å². The summed E-state index contributed by atoms with van der Waals surface area (Å²) in [6.07, 6.45) is -0.676. The second-order valence-corrected chi connectivity index (χ2v) is 5.96. The van der Waals surface area contributed by atoms with Gasteiger partial charge in [0.2, 0.25) is 0 Å². The van der Waals surface area contributed by atoms with Crippen LogP contribution < -0.4 is 0 Å². The normalized spacial score (nSPS) is 13.4. The Balaban J connectivity index is 1.65. The molecule has 1 nitrogen and oxygen atoms in total. The van der Waals surface area contributed by atoms with Crippen LogP contribution in [0.4, 0.5) is 13.2 Å². The highest BCUT2D eigenvalue weighted by atomic mass is 19.4. The Morgan fingerprint density at radius 2 is 1.74 bits per heavy atom. The predicted octanol–water partition coefficient (Wildman–Crippen LogP) is 5.92. The molecule has 1 N–H and O–H groups in total. The van der Waals surface area contributed by atoms with Gasteiger partial charge in [0.05, 0.1) is 5.56 Å². The van der Waals surface area contributed by atoms with E-state index in [1.54, 1.807) is 12.1 Å². The fourth-order valence-electron chi connectivity index (χ4n) is 2.79. The molecular weight excluding hydrogens is 299 g/mol. The lowest BCUT2D eigenvalue weighted by Gasteiger charge is -2.13. The van der Waals surface area contributed by atoms with Gasteiger partial charge in [-0.2, -0.15) is 13.2 Å². The lowest BCUT2D eigenvalue weighted by Crippen LogP contribution is -2.04. The van der Waals surface area contributed by atoms with E-state index in [4.69, 9.17) is 0 Å². The van der Waals surface area contributed by atoms with E-state index in [0.29, 0.717) is 5.92 Å². The van der Waals surface area contributed by atoms with Gasteiger partial charge in [-0.25, -0.2) is 0 Å². The van der Waals surface area contributed by atoms with Crippen molar-refractivity contribution in [2.75, 3.05) is 0 Å². The highest BCUT2D eigenvalue weighted by Gasteiger charge is 2.29. The smallest absolute Gasteiger partial charge is 0.361 e. The Morgan fingerprint density at radius 1 is 1.00 bits per heavy atom. The molecule has 0 radical (unpaired) electrons. The van der Waals surface area contributed by atoms with Crippen LogP contribution in [0.5, 0.6) is 0 Å². The number of nitrogens with one attached hydrogen (secondary N) is 1. The van der Waals surface area contributed by atoms with E-state index in [1.807, 2.05) is 12.3 Å². The van der Waals surface area contributed by atoms with Gasteiger partial charge in [0.1, 0.15) is 0 Å². The number of H-pyrrole nitrogens is 1. The van der Waals surface area contributed by atoms with E-state index < -0.39 is 11.7 Å². The number of hydrogen-bond donors (Lipinski definition) is 1. The van der Waals surface area contributed by atoms with Crippen molar-refractivity contribution in [1.82, 2.24) is 4.98 Å². The van der Waals surface area contributed by atoms with E-state index in [9.17, 15) is 13.2 Å². The summed E-state index contributed by atoms with van der Waals surface area (Å²) in [5.74, 6) is 0.358. The highest BCUT2D eigenvalue weighted by molar-refractivity contribution is 5.80. The van der Waals surface area contributed by atoms with Crippen LogP contribution in [-0.4, -0.2) is 4.98 Å². The minimum Gasteiger partial charge on any atom is -0.361 e. The van der Waals surface area contributed by atoms with E-state index in [2.05, 4.69) is 30.1 Å². The van der Waals surface area contributed by atoms with Crippen LogP contribution in [0.15, 0.2) is 54.7 Å². The predicted molar refractivity (Wildman–Crippen MR) is 86.5 cm³/mol. The second kappa shape index (κ2) is 6.11. The van der Waals surface area contributed by atoms with E-state index in [0.717, 1.165) is 36.1 Å². The van der Waals surface area contributed by atoms with Crippen LogP contribution in [0.3, 0.4) is 0 Å². The first-order valence-electron chi connectivity index (χ1n) is 7.66. The molecule has 0 fully saturated rings. The monoisotopic (exact) mass is 317 g/mol. The van der Waals surface area contributed by atoms with Crippen LogP contribution in [0.25, 0.3) is 10.9 Å². The van der Waals surface area contributed by atoms with Gasteiger partial charge in [-0.3, -0.25) is 0 Å². The Labute approximate surface area is 133 Å². The largest absolute Gasteiger partial charge is 0.416 e. The Hall–Kier alpha value is -2.23. The average molecular weight is 317 g/mol. The van der Waals surface area contributed by atoms with Gasteiger partial charge in [-0.05, 0) is 65.6 Å². The van der Waals surface area contributed by atoms with Gasteiger partial charge in [0, 0.05) is 11.7 Å². The minimum absolute atomic E-state index is 0.358. The number of alkyl halides is 3. The van der Waals surface area contributed by atoms with Crippen molar-refractivity contribution < 1.29 is 13.2 Å². The summed E-state index contributed by atoms with van der Waals surface area (Å²) in [7, 11) is 0. The summed E-state index contributed by atoms with van der Waals surface area (Å²) < 4.78 is 37.7. The van der Waals surface area contributed by atoms with Gasteiger partial charge in [-0.1, -0.05) is 25.1 Å². The Bertz CT molecular complexity index is 784. The third kappa shape index (κ3) is 3.58. The van der Waals surface area contributed by atoms with Gasteiger partial charge in [0.25, 0.3) is 0 Å². The maximum atomic E-state index is 12.6. The lowest BCUT2D eigenvalue weighted by atomic mass is 9.93.